The van der Waals surface area contributed by atoms with Crippen molar-refractivity contribution >= 4 is 39.4 Å². The van der Waals surface area contributed by atoms with Gasteiger partial charge in [0.2, 0.25) is 0 Å². The first kappa shape index (κ1) is 16.4. The molecule has 0 saturated carbocycles. The van der Waals surface area contributed by atoms with Crippen LogP contribution in [0.2, 0.25) is 5.02 Å². The number of Topliss-reactive ketones (excluding diaryl/α,β-unsaturated/α-hetero) is 1. The number of rotatable bonds is 5. The van der Waals surface area contributed by atoms with Crippen LogP contribution in [0.4, 0.5) is 5.69 Å². The molecule has 1 aromatic rings. The van der Waals surface area contributed by atoms with Crippen LogP contribution in [0.25, 0.3) is 0 Å². The van der Waals surface area contributed by atoms with Gasteiger partial charge in [-0.25, -0.2) is 4.79 Å². The minimum Gasteiger partial charge on any atom is -0.398 e. The van der Waals surface area contributed by atoms with E-state index in [4.69, 9.17) is 27.6 Å². The number of nitrogen functional groups attached to an aromatic ring is 1. The standard InChI is InChI=1S/C10H11ClN2O6S/c11-5-1-2-6(7(12)3-5)9(14)4-8(13)10(15)19-20(16,17)18/h1-3,8H,4,12-13H2,(H,16,17,18). The van der Waals surface area contributed by atoms with Gasteiger partial charge in [-0.15, -0.1) is 0 Å². The number of carbonyl (C=O) groups is 2. The van der Waals surface area contributed by atoms with Crippen molar-refractivity contribution < 1.29 is 26.7 Å². The van der Waals surface area contributed by atoms with E-state index in [9.17, 15) is 18.0 Å². The van der Waals surface area contributed by atoms with Crippen LogP contribution < -0.4 is 11.5 Å². The quantitative estimate of drug-likeness (QED) is 0.394. The van der Waals surface area contributed by atoms with Crippen LogP contribution >= 0.6 is 11.6 Å². The minimum atomic E-state index is -4.97. The highest BCUT2D eigenvalue weighted by molar-refractivity contribution is 7.81. The van der Waals surface area contributed by atoms with Gasteiger partial charge in [-0.05, 0) is 18.2 Å². The van der Waals surface area contributed by atoms with Gasteiger partial charge in [0.15, 0.2) is 5.78 Å². The topological polar surface area (TPSA) is 150 Å². The third kappa shape index (κ3) is 4.78. The van der Waals surface area contributed by atoms with Crippen molar-refractivity contribution in [1.29, 1.82) is 0 Å². The first-order valence-corrected chi connectivity index (χ1v) is 6.89. The van der Waals surface area contributed by atoms with Crippen LogP contribution in [0, 0.1) is 0 Å². The molecule has 0 spiro atoms. The molecule has 0 bridgehead atoms. The van der Waals surface area contributed by atoms with Crippen molar-refractivity contribution in [3.63, 3.8) is 0 Å². The second-order valence-corrected chi connectivity index (χ2v) is 5.25. The van der Waals surface area contributed by atoms with Crippen LogP contribution in [-0.4, -0.2) is 30.8 Å². The number of benzene rings is 1. The van der Waals surface area contributed by atoms with Gasteiger partial charge < -0.3 is 15.7 Å². The van der Waals surface area contributed by atoms with E-state index in [1.165, 1.54) is 18.2 Å². The lowest BCUT2D eigenvalue weighted by atomic mass is 10.0. The summed E-state index contributed by atoms with van der Waals surface area (Å²) in [6.07, 6.45) is -0.541. The number of nitrogens with two attached hydrogens (primary N) is 2. The molecule has 0 saturated heterocycles. The molecule has 0 radical (unpaired) electrons. The zero-order chi connectivity index (χ0) is 15.5. The normalized spacial score (nSPS) is 12.8. The predicted molar refractivity (Wildman–Crippen MR) is 70.4 cm³/mol. The largest absolute Gasteiger partial charge is 0.449 e. The first-order chi connectivity index (χ1) is 9.10. The lowest BCUT2D eigenvalue weighted by molar-refractivity contribution is -0.135. The van der Waals surface area contributed by atoms with Crippen LogP contribution in [0.1, 0.15) is 16.8 Å². The maximum absolute atomic E-state index is 11.8. The van der Waals surface area contributed by atoms with Gasteiger partial charge in [-0.1, -0.05) is 11.6 Å². The average Bonchev–Trinajstić information content (AvgIpc) is 2.26. The van der Waals surface area contributed by atoms with Gasteiger partial charge in [0.25, 0.3) is 0 Å². The fraction of sp³-hybridized carbons (Fsp3) is 0.200. The lowest BCUT2D eigenvalue weighted by Crippen LogP contribution is -2.35. The maximum atomic E-state index is 11.8. The second kappa shape index (κ2) is 6.18. The first-order valence-electron chi connectivity index (χ1n) is 5.14. The number of hydrogen-bond acceptors (Lipinski definition) is 7. The number of halogens is 1. The van der Waals surface area contributed by atoms with E-state index in [2.05, 4.69) is 4.18 Å². The Labute approximate surface area is 119 Å². The molecule has 1 aromatic carbocycles. The maximum Gasteiger partial charge on any atom is 0.449 e. The summed E-state index contributed by atoms with van der Waals surface area (Å²) >= 11 is 5.67. The Balaban J connectivity index is 2.78. The summed E-state index contributed by atoms with van der Waals surface area (Å²) < 4.78 is 32.6. The molecule has 1 rings (SSSR count). The Morgan fingerprint density at radius 1 is 1.40 bits per heavy atom. The molecular weight excluding hydrogens is 312 g/mol. The Hall–Kier alpha value is -1.68. The zero-order valence-electron chi connectivity index (χ0n) is 9.95. The average molecular weight is 323 g/mol. The summed E-state index contributed by atoms with van der Waals surface area (Å²) in [7, 11) is -4.97. The van der Waals surface area contributed by atoms with Crippen LogP contribution in [0.5, 0.6) is 0 Å². The summed E-state index contributed by atoms with van der Waals surface area (Å²) in [4.78, 5) is 23.0. The van der Waals surface area contributed by atoms with Gasteiger partial charge in [0, 0.05) is 22.7 Å². The molecule has 8 nitrogen and oxygen atoms in total. The summed E-state index contributed by atoms with van der Waals surface area (Å²) in [5, 5.41) is 0.328. The molecule has 1 unspecified atom stereocenters. The van der Waals surface area contributed by atoms with E-state index < -0.39 is 34.6 Å². The van der Waals surface area contributed by atoms with Crippen LogP contribution in [0.3, 0.4) is 0 Å². The summed E-state index contributed by atoms with van der Waals surface area (Å²) in [6, 6.07) is 2.56. The van der Waals surface area contributed by atoms with E-state index in [-0.39, 0.29) is 11.3 Å². The lowest BCUT2D eigenvalue weighted by Gasteiger charge is -2.10. The Kier molecular flexibility index (Phi) is 5.06. The number of hydrogen-bond donors (Lipinski definition) is 3. The summed E-state index contributed by atoms with van der Waals surface area (Å²) in [5.41, 5.74) is 11.1. The van der Waals surface area contributed by atoms with Gasteiger partial charge in [0.05, 0.1) is 0 Å². The molecular formula is C10H11ClN2O6S. The van der Waals surface area contributed by atoms with Gasteiger partial charge in [0.1, 0.15) is 6.04 Å². The van der Waals surface area contributed by atoms with Gasteiger partial charge in [-0.2, -0.15) is 8.42 Å². The van der Waals surface area contributed by atoms with Crippen LogP contribution in [0.15, 0.2) is 18.2 Å². The van der Waals surface area contributed by atoms with Crippen molar-refractivity contribution in [1.82, 2.24) is 0 Å². The van der Waals surface area contributed by atoms with Gasteiger partial charge >= 0.3 is 16.4 Å². The number of ketones is 1. The van der Waals surface area contributed by atoms with Crippen LogP contribution in [-0.2, 0) is 19.4 Å². The van der Waals surface area contributed by atoms with Gasteiger partial charge in [-0.3, -0.25) is 9.35 Å². The molecule has 20 heavy (non-hydrogen) atoms. The molecule has 0 aliphatic heterocycles. The highest BCUT2D eigenvalue weighted by atomic mass is 35.5. The van der Waals surface area contributed by atoms with E-state index in [0.717, 1.165) is 0 Å². The Bertz CT molecular complexity index is 645. The van der Waals surface area contributed by atoms with Crippen molar-refractivity contribution in [2.24, 2.45) is 5.73 Å². The molecule has 0 aromatic heterocycles. The molecule has 0 amide bonds. The van der Waals surface area contributed by atoms with E-state index >= 15 is 0 Å². The van der Waals surface area contributed by atoms with E-state index in [1.54, 1.807) is 0 Å². The zero-order valence-corrected chi connectivity index (χ0v) is 11.5. The molecule has 10 heteroatoms. The molecule has 0 aliphatic carbocycles. The summed E-state index contributed by atoms with van der Waals surface area (Å²) in [6.45, 7) is 0. The second-order valence-electron chi connectivity index (χ2n) is 3.80. The predicted octanol–water partition coefficient (Wildman–Crippen LogP) is 0.168. The SMILES string of the molecule is Nc1cc(Cl)ccc1C(=O)CC(N)C(=O)OS(=O)(=O)O. The number of carbonyl (C=O) groups excluding carboxylic acids is 2. The Morgan fingerprint density at radius 3 is 2.50 bits per heavy atom. The summed E-state index contributed by atoms with van der Waals surface area (Å²) in [5.74, 6) is -2.05. The monoisotopic (exact) mass is 322 g/mol. The molecule has 0 fully saturated rings. The molecule has 0 heterocycles. The number of anilines is 1. The highest BCUT2D eigenvalue weighted by Crippen LogP contribution is 2.19. The molecule has 1 atom stereocenters. The smallest absolute Gasteiger partial charge is 0.398 e. The van der Waals surface area contributed by atoms with Crippen molar-refractivity contribution in [2.75, 3.05) is 5.73 Å². The highest BCUT2D eigenvalue weighted by Gasteiger charge is 2.24. The van der Waals surface area contributed by atoms with Crippen molar-refractivity contribution in [3.8, 4) is 0 Å². The third-order valence-corrected chi connectivity index (χ3v) is 2.82. The molecule has 5 N–H and O–H groups in total. The fourth-order valence-corrected chi connectivity index (χ4v) is 1.86. The third-order valence-electron chi connectivity index (χ3n) is 2.21. The fourth-order valence-electron chi connectivity index (χ4n) is 1.35. The van der Waals surface area contributed by atoms with E-state index in [1.807, 2.05) is 0 Å². The van der Waals surface area contributed by atoms with Crippen molar-refractivity contribution in [3.05, 3.63) is 28.8 Å². The minimum absolute atomic E-state index is 0.0875. The van der Waals surface area contributed by atoms with E-state index in [0.29, 0.717) is 5.02 Å². The van der Waals surface area contributed by atoms with Crippen molar-refractivity contribution in [2.45, 2.75) is 12.5 Å². The molecule has 110 valence electrons. The molecule has 0 aliphatic rings. The Morgan fingerprint density at radius 2 is 2.00 bits per heavy atom.